The van der Waals surface area contributed by atoms with E-state index in [1.165, 1.54) is 0 Å². The normalized spacial score (nSPS) is 22.8. The third kappa shape index (κ3) is 4.44. The first-order valence-corrected chi connectivity index (χ1v) is 7.56. The van der Waals surface area contributed by atoms with E-state index in [4.69, 9.17) is 9.84 Å². The molecular weight excluding hydrogens is 268 g/mol. The zero-order chi connectivity index (χ0) is 15.1. The van der Waals surface area contributed by atoms with Gasteiger partial charge in [0.25, 0.3) is 0 Å². The molecule has 0 aromatic heterocycles. The lowest BCUT2D eigenvalue weighted by atomic mass is 9.95. The fourth-order valence-electron chi connectivity index (χ4n) is 2.59. The van der Waals surface area contributed by atoms with Crippen LogP contribution in [0.25, 0.3) is 0 Å². The Kier molecular flexibility index (Phi) is 6.02. The maximum absolute atomic E-state index is 11.8. The standard InChI is InChI=1S/C16H24N2O3/c1-2-14(11-19)18-16(20)17-10-13-8-9-21-15(13)12-6-4-3-5-7-12/h3-7,13-15,19H,2,8-11H2,1H3,(H2,17,18,20)/t13-,14+,15-/m1/s1. The first-order chi connectivity index (χ1) is 10.2. The lowest BCUT2D eigenvalue weighted by molar-refractivity contribution is 0.0909. The van der Waals surface area contributed by atoms with Crippen molar-refractivity contribution in [2.45, 2.75) is 31.9 Å². The molecule has 5 heteroatoms. The first kappa shape index (κ1) is 15.8. The van der Waals surface area contributed by atoms with E-state index in [1.807, 2.05) is 25.1 Å². The quantitative estimate of drug-likeness (QED) is 0.749. The Labute approximate surface area is 125 Å². The van der Waals surface area contributed by atoms with Crippen LogP contribution in [0.1, 0.15) is 31.4 Å². The number of aliphatic hydroxyl groups excluding tert-OH is 1. The molecule has 0 spiro atoms. The summed E-state index contributed by atoms with van der Waals surface area (Å²) in [6, 6.07) is 9.69. The van der Waals surface area contributed by atoms with Gasteiger partial charge in [0, 0.05) is 19.1 Å². The van der Waals surface area contributed by atoms with Gasteiger partial charge in [-0.15, -0.1) is 0 Å². The zero-order valence-electron chi connectivity index (χ0n) is 12.4. The molecule has 1 saturated heterocycles. The molecule has 2 amide bonds. The van der Waals surface area contributed by atoms with E-state index in [1.54, 1.807) is 0 Å². The molecule has 2 rings (SSSR count). The fourth-order valence-corrected chi connectivity index (χ4v) is 2.59. The van der Waals surface area contributed by atoms with Crippen LogP contribution in [0, 0.1) is 5.92 Å². The van der Waals surface area contributed by atoms with Crippen molar-refractivity contribution in [1.29, 1.82) is 0 Å². The molecule has 1 aliphatic rings. The van der Waals surface area contributed by atoms with Crippen molar-refractivity contribution in [2.24, 2.45) is 5.92 Å². The average Bonchev–Trinajstić information content (AvgIpc) is 3.00. The molecule has 3 N–H and O–H groups in total. The number of aliphatic hydroxyl groups is 1. The van der Waals surface area contributed by atoms with Crippen molar-refractivity contribution in [3.05, 3.63) is 35.9 Å². The number of hydrogen-bond acceptors (Lipinski definition) is 3. The van der Waals surface area contributed by atoms with E-state index in [0.717, 1.165) is 18.6 Å². The summed E-state index contributed by atoms with van der Waals surface area (Å²) in [6.45, 7) is 3.19. The summed E-state index contributed by atoms with van der Waals surface area (Å²) in [7, 11) is 0. The van der Waals surface area contributed by atoms with Crippen LogP contribution in [0.15, 0.2) is 30.3 Å². The summed E-state index contributed by atoms with van der Waals surface area (Å²) in [4.78, 5) is 11.8. The van der Waals surface area contributed by atoms with Gasteiger partial charge in [-0.3, -0.25) is 0 Å². The van der Waals surface area contributed by atoms with Crippen molar-refractivity contribution >= 4 is 6.03 Å². The number of urea groups is 1. The summed E-state index contributed by atoms with van der Waals surface area (Å²) in [5, 5.41) is 14.7. The Morgan fingerprint density at radius 2 is 2.19 bits per heavy atom. The number of benzene rings is 1. The molecule has 0 aliphatic carbocycles. The third-order valence-corrected chi connectivity index (χ3v) is 3.92. The van der Waals surface area contributed by atoms with Gasteiger partial charge in [0.15, 0.2) is 0 Å². The predicted octanol–water partition coefficient (Wildman–Crippen LogP) is 1.83. The van der Waals surface area contributed by atoms with Crippen LogP contribution in [-0.4, -0.2) is 36.9 Å². The van der Waals surface area contributed by atoms with Gasteiger partial charge in [-0.1, -0.05) is 37.3 Å². The van der Waals surface area contributed by atoms with Crippen molar-refractivity contribution < 1.29 is 14.6 Å². The minimum atomic E-state index is -0.227. The second kappa shape index (κ2) is 8.00. The smallest absolute Gasteiger partial charge is 0.315 e. The van der Waals surface area contributed by atoms with E-state index < -0.39 is 0 Å². The highest BCUT2D eigenvalue weighted by molar-refractivity contribution is 5.74. The molecule has 3 atom stereocenters. The number of carbonyl (C=O) groups excluding carboxylic acids is 1. The van der Waals surface area contributed by atoms with Crippen molar-refractivity contribution in [2.75, 3.05) is 19.8 Å². The second-order valence-corrected chi connectivity index (χ2v) is 5.39. The first-order valence-electron chi connectivity index (χ1n) is 7.56. The Morgan fingerprint density at radius 1 is 1.43 bits per heavy atom. The summed E-state index contributed by atoms with van der Waals surface area (Å²) in [6.07, 6.45) is 1.70. The highest BCUT2D eigenvalue weighted by atomic mass is 16.5. The van der Waals surface area contributed by atoms with Crippen LogP contribution in [0.4, 0.5) is 4.79 Å². The zero-order valence-corrected chi connectivity index (χ0v) is 12.4. The average molecular weight is 292 g/mol. The molecule has 1 heterocycles. The van der Waals surface area contributed by atoms with Crippen LogP contribution in [-0.2, 0) is 4.74 Å². The van der Waals surface area contributed by atoms with Crippen molar-refractivity contribution in [3.8, 4) is 0 Å². The Bertz CT molecular complexity index is 434. The number of hydrogen-bond donors (Lipinski definition) is 3. The fraction of sp³-hybridized carbons (Fsp3) is 0.562. The third-order valence-electron chi connectivity index (χ3n) is 3.92. The van der Waals surface area contributed by atoms with Gasteiger partial charge in [-0.2, -0.15) is 0 Å². The molecule has 116 valence electrons. The Morgan fingerprint density at radius 3 is 2.86 bits per heavy atom. The lowest BCUT2D eigenvalue weighted by Gasteiger charge is -2.20. The SMILES string of the molecule is CC[C@@H](CO)NC(=O)NC[C@H]1CCO[C@@H]1c1ccccc1. The van der Waals surface area contributed by atoms with Crippen LogP contribution < -0.4 is 10.6 Å². The summed E-state index contributed by atoms with van der Waals surface area (Å²) >= 11 is 0. The molecule has 21 heavy (non-hydrogen) atoms. The molecule has 5 nitrogen and oxygen atoms in total. The Balaban J connectivity index is 1.83. The van der Waals surface area contributed by atoms with Crippen LogP contribution in [0.5, 0.6) is 0 Å². The number of amides is 2. The summed E-state index contributed by atoms with van der Waals surface area (Å²) < 4.78 is 5.80. The van der Waals surface area contributed by atoms with Crippen LogP contribution >= 0.6 is 0 Å². The van der Waals surface area contributed by atoms with Gasteiger partial charge in [-0.05, 0) is 18.4 Å². The molecule has 1 aliphatic heterocycles. The van der Waals surface area contributed by atoms with E-state index in [0.29, 0.717) is 13.0 Å². The lowest BCUT2D eigenvalue weighted by Crippen LogP contribution is -2.45. The number of ether oxygens (including phenoxy) is 1. The molecular formula is C16H24N2O3. The monoisotopic (exact) mass is 292 g/mol. The molecule has 0 radical (unpaired) electrons. The van der Waals surface area contributed by atoms with Gasteiger partial charge in [0.05, 0.1) is 18.8 Å². The molecule has 0 saturated carbocycles. The van der Waals surface area contributed by atoms with Crippen molar-refractivity contribution in [3.63, 3.8) is 0 Å². The number of nitrogens with one attached hydrogen (secondary N) is 2. The highest BCUT2D eigenvalue weighted by Gasteiger charge is 2.29. The second-order valence-electron chi connectivity index (χ2n) is 5.39. The van der Waals surface area contributed by atoms with Gasteiger partial charge in [0.2, 0.25) is 0 Å². The molecule has 0 unspecified atom stereocenters. The highest BCUT2D eigenvalue weighted by Crippen LogP contribution is 2.33. The van der Waals surface area contributed by atoms with Crippen molar-refractivity contribution in [1.82, 2.24) is 10.6 Å². The van der Waals surface area contributed by atoms with Gasteiger partial charge in [-0.25, -0.2) is 4.79 Å². The predicted molar refractivity (Wildman–Crippen MR) is 80.9 cm³/mol. The van der Waals surface area contributed by atoms with Gasteiger partial charge in [0.1, 0.15) is 0 Å². The van der Waals surface area contributed by atoms with Crippen LogP contribution in [0.3, 0.4) is 0 Å². The number of carbonyl (C=O) groups is 1. The van der Waals surface area contributed by atoms with E-state index in [9.17, 15) is 4.79 Å². The van der Waals surface area contributed by atoms with Crippen LogP contribution in [0.2, 0.25) is 0 Å². The maximum atomic E-state index is 11.8. The maximum Gasteiger partial charge on any atom is 0.315 e. The Hall–Kier alpha value is -1.59. The van der Waals surface area contributed by atoms with Gasteiger partial charge < -0.3 is 20.5 Å². The van der Waals surface area contributed by atoms with E-state index in [2.05, 4.69) is 22.8 Å². The molecule has 1 aromatic rings. The molecule has 0 bridgehead atoms. The minimum absolute atomic E-state index is 0.0386. The largest absolute Gasteiger partial charge is 0.394 e. The van der Waals surface area contributed by atoms with Gasteiger partial charge >= 0.3 is 6.03 Å². The minimum Gasteiger partial charge on any atom is -0.394 e. The molecule has 1 fully saturated rings. The molecule has 1 aromatic carbocycles. The summed E-state index contributed by atoms with van der Waals surface area (Å²) in [5.41, 5.74) is 1.16. The number of rotatable bonds is 6. The van der Waals surface area contributed by atoms with E-state index >= 15 is 0 Å². The summed E-state index contributed by atoms with van der Waals surface area (Å²) in [5.74, 6) is 0.285. The van der Waals surface area contributed by atoms with E-state index in [-0.39, 0.29) is 30.7 Å². The topological polar surface area (TPSA) is 70.6 Å².